The Hall–Kier alpha value is -1.16. The molecule has 1 heterocycles. The average Bonchev–Trinajstić information content (AvgIpc) is 2.35. The van der Waals surface area contributed by atoms with Gasteiger partial charge in [0.15, 0.2) is 0 Å². The Bertz CT molecular complexity index is 352. The SMILES string of the molecule is CCCNc1cc(C)nc(CN(CC)CCC)n1. The second kappa shape index (κ2) is 8.03. The van der Waals surface area contributed by atoms with Crippen molar-refractivity contribution in [3.8, 4) is 0 Å². The molecule has 0 aliphatic rings. The number of anilines is 1. The van der Waals surface area contributed by atoms with Crippen LogP contribution in [0.4, 0.5) is 5.82 Å². The van der Waals surface area contributed by atoms with E-state index in [0.717, 1.165) is 49.9 Å². The quantitative estimate of drug-likeness (QED) is 0.770. The highest BCUT2D eigenvalue weighted by Gasteiger charge is 2.07. The van der Waals surface area contributed by atoms with Crippen molar-refractivity contribution in [1.82, 2.24) is 14.9 Å². The van der Waals surface area contributed by atoms with E-state index in [2.05, 4.69) is 41.0 Å². The van der Waals surface area contributed by atoms with E-state index in [-0.39, 0.29) is 0 Å². The van der Waals surface area contributed by atoms with Gasteiger partial charge in [0.2, 0.25) is 0 Å². The standard InChI is InChI=1S/C14H26N4/c1-5-8-15-13-10-12(4)16-14(17-13)11-18(7-3)9-6-2/h10H,5-9,11H2,1-4H3,(H,15,16,17). The molecule has 102 valence electrons. The van der Waals surface area contributed by atoms with Gasteiger partial charge in [-0.1, -0.05) is 20.8 Å². The van der Waals surface area contributed by atoms with E-state index in [1.165, 1.54) is 6.42 Å². The third-order valence-electron chi connectivity index (χ3n) is 2.81. The molecule has 0 bridgehead atoms. The number of hydrogen-bond donors (Lipinski definition) is 1. The molecule has 1 N–H and O–H groups in total. The molecule has 1 aromatic rings. The Balaban J connectivity index is 2.71. The molecule has 0 unspecified atom stereocenters. The molecule has 1 rings (SSSR count). The molecule has 0 saturated carbocycles. The summed E-state index contributed by atoms with van der Waals surface area (Å²) < 4.78 is 0. The van der Waals surface area contributed by atoms with Gasteiger partial charge in [-0.2, -0.15) is 0 Å². The molecule has 0 saturated heterocycles. The summed E-state index contributed by atoms with van der Waals surface area (Å²) in [5.41, 5.74) is 1.03. The lowest BCUT2D eigenvalue weighted by molar-refractivity contribution is 0.273. The number of hydrogen-bond acceptors (Lipinski definition) is 4. The minimum absolute atomic E-state index is 0.840. The summed E-state index contributed by atoms with van der Waals surface area (Å²) in [6.45, 7) is 12.5. The Morgan fingerprint density at radius 2 is 1.94 bits per heavy atom. The van der Waals surface area contributed by atoms with Crippen LogP contribution >= 0.6 is 0 Å². The van der Waals surface area contributed by atoms with Crippen molar-refractivity contribution >= 4 is 5.82 Å². The number of nitrogens with zero attached hydrogens (tertiary/aromatic N) is 3. The van der Waals surface area contributed by atoms with Crippen molar-refractivity contribution in [2.24, 2.45) is 0 Å². The lowest BCUT2D eigenvalue weighted by Gasteiger charge is -2.19. The predicted molar refractivity (Wildman–Crippen MR) is 76.8 cm³/mol. The zero-order valence-corrected chi connectivity index (χ0v) is 12.2. The van der Waals surface area contributed by atoms with Gasteiger partial charge in [0.25, 0.3) is 0 Å². The molecule has 4 heteroatoms. The van der Waals surface area contributed by atoms with Crippen LogP contribution in [0.25, 0.3) is 0 Å². The first-order valence-corrected chi connectivity index (χ1v) is 7.00. The molecule has 0 amide bonds. The molecular weight excluding hydrogens is 224 g/mol. The Morgan fingerprint density at radius 1 is 1.17 bits per heavy atom. The molecule has 0 atom stereocenters. The zero-order chi connectivity index (χ0) is 13.4. The fourth-order valence-corrected chi connectivity index (χ4v) is 1.91. The summed E-state index contributed by atoms with van der Waals surface area (Å²) >= 11 is 0. The van der Waals surface area contributed by atoms with Gasteiger partial charge in [-0.05, 0) is 32.9 Å². The van der Waals surface area contributed by atoms with Crippen LogP contribution in [-0.2, 0) is 6.54 Å². The molecule has 0 aliphatic heterocycles. The van der Waals surface area contributed by atoms with Crippen molar-refractivity contribution in [1.29, 1.82) is 0 Å². The molecule has 4 nitrogen and oxygen atoms in total. The first-order valence-electron chi connectivity index (χ1n) is 7.00. The van der Waals surface area contributed by atoms with E-state index in [4.69, 9.17) is 0 Å². The third-order valence-corrected chi connectivity index (χ3v) is 2.81. The van der Waals surface area contributed by atoms with Crippen molar-refractivity contribution < 1.29 is 0 Å². The summed E-state index contributed by atoms with van der Waals surface area (Å²) in [7, 11) is 0. The number of nitrogens with one attached hydrogen (secondary N) is 1. The van der Waals surface area contributed by atoms with Crippen LogP contribution in [0, 0.1) is 6.92 Å². The highest BCUT2D eigenvalue weighted by atomic mass is 15.1. The molecule has 0 aliphatic carbocycles. The van der Waals surface area contributed by atoms with E-state index in [1.54, 1.807) is 0 Å². The lowest BCUT2D eigenvalue weighted by Crippen LogP contribution is -2.25. The van der Waals surface area contributed by atoms with Crippen molar-refractivity contribution in [2.45, 2.75) is 47.1 Å². The molecule has 0 fully saturated rings. The van der Waals surface area contributed by atoms with Crippen LogP contribution < -0.4 is 5.32 Å². The first-order chi connectivity index (χ1) is 8.69. The maximum absolute atomic E-state index is 4.58. The lowest BCUT2D eigenvalue weighted by atomic mass is 10.3. The minimum atomic E-state index is 0.840. The van der Waals surface area contributed by atoms with Crippen LogP contribution in [0.15, 0.2) is 6.07 Å². The van der Waals surface area contributed by atoms with Gasteiger partial charge < -0.3 is 5.32 Å². The summed E-state index contributed by atoms with van der Waals surface area (Å²) in [5, 5.41) is 3.33. The maximum Gasteiger partial charge on any atom is 0.144 e. The van der Waals surface area contributed by atoms with Gasteiger partial charge in [-0.25, -0.2) is 9.97 Å². The van der Waals surface area contributed by atoms with Gasteiger partial charge >= 0.3 is 0 Å². The predicted octanol–water partition coefficient (Wildman–Crippen LogP) is 2.84. The zero-order valence-electron chi connectivity index (χ0n) is 12.2. The van der Waals surface area contributed by atoms with Crippen molar-refractivity contribution in [2.75, 3.05) is 25.0 Å². The molecule has 0 aromatic carbocycles. The topological polar surface area (TPSA) is 41.1 Å². The van der Waals surface area contributed by atoms with Crippen molar-refractivity contribution in [3.63, 3.8) is 0 Å². The summed E-state index contributed by atoms with van der Waals surface area (Å²) in [6, 6.07) is 2.01. The number of rotatable bonds is 8. The Morgan fingerprint density at radius 3 is 2.56 bits per heavy atom. The second-order valence-electron chi connectivity index (χ2n) is 4.61. The van der Waals surface area contributed by atoms with E-state index in [9.17, 15) is 0 Å². The van der Waals surface area contributed by atoms with Gasteiger partial charge in [0.05, 0.1) is 6.54 Å². The van der Waals surface area contributed by atoms with Crippen LogP contribution in [0.1, 0.15) is 45.1 Å². The van der Waals surface area contributed by atoms with Gasteiger partial charge in [-0.15, -0.1) is 0 Å². The Labute approximate surface area is 111 Å². The molecule has 0 spiro atoms. The normalized spacial score (nSPS) is 10.9. The van der Waals surface area contributed by atoms with Gasteiger partial charge in [0, 0.05) is 18.3 Å². The van der Waals surface area contributed by atoms with E-state index in [0.29, 0.717) is 0 Å². The molecule has 1 aromatic heterocycles. The fraction of sp³-hybridized carbons (Fsp3) is 0.714. The smallest absolute Gasteiger partial charge is 0.144 e. The monoisotopic (exact) mass is 250 g/mol. The van der Waals surface area contributed by atoms with Gasteiger partial charge in [-0.3, -0.25) is 4.90 Å². The number of aromatic nitrogens is 2. The van der Waals surface area contributed by atoms with Gasteiger partial charge in [0.1, 0.15) is 11.6 Å². The minimum Gasteiger partial charge on any atom is -0.370 e. The van der Waals surface area contributed by atoms with E-state index < -0.39 is 0 Å². The Kier molecular flexibility index (Phi) is 6.65. The molecule has 18 heavy (non-hydrogen) atoms. The largest absolute Gasteiger partial charge is 0.370 e. The van der Waals surface area contributed by atoms with Crippen LogP contribution in [0.2, 0.25) is 0 Å². The van der Waals surface area contributed by atoms with E-state index in [1.807, 2.05) is 13.0 Å². The maximum atomic E-state index is 4.58. The third kappa shape index (κ3) is 5.00. The fourth-order valence-electron chi connectivity index (χ4n) is 1.91. The van der Waals surface area contributed by atoms with Crippen LogP contribution in [0.5, 0.6) is 0 Å². The van der Waals surface area contributed by atoms with E-state index >= 15 is 0 Å². The van der Waals surface area contributed by atoms with Crippen molar-refractivity contribution in [3.05, 3.63) is 17.6 Å². The second-order valence-corrected chi connectivity index (χ2v) is 4.61. The highest BCUT2D eigenvalue weighted by molar-refractivity contribution is 5.35. The highest BCUT2D eigenvalue weighted by Crippen LogP contribution is 2.08. The summed E-state index contributed by atoms with van der Waals surface area (Å²) in [5.74, 6) is 1.87. The van der Waals surface area contributed by atoms with Crippen LogP contribution in [-0.4, -0.2) is 34.5 Å². The number of aryl methyl sites for hydroxylation is 1. The van der Waals surface area contributed by atoms with Crippen LogP contribution in [0.3, 0.4) is 0 Å². The summed E-state index contributed by atoms with van der Waals surface area (Å²) in [6.07, 6.45) is 2.27. The average molecular weight is 250 g/mol. The molecular formula is C14H26N4. The first kappa shape index (κ1) is 14.9. The molecule has 0 radical (unpaired) electrons. The summed E-state index contributed by atoms with van der Waals surface area (Å²) in [4.78, 5) is 11.5.